The highest BCUT2D eigenvalue weighted by molar-refractivity contribution is 14.1. The molecule has 0 amide bonds. The minimum atomic E-state index is -0.204. The van der Waals surface area contributed by atoms with Gasteiger partial charge in [0, 0.05) is 9.81 Å². The van der Waals surface area contributed by atoms with Crippen LogP contribution < -0.4 is 0 Å². The van der Waals surface area contributed by atoms with Crippen LogP contribution in [0.5, 0.6) is 0 Å². The van der Waals surface area contributed by atoms with Gasteiger partial charge in [-0.2, -0.15) is 0 Å². The predicted molar refractivity (Wildman–Crippen MR) is 59.4 cm³/mol. The Morgan fingerprint density at radius 2 is 2.08 bits per heavy atom. The molecule has 0 radical (unpaired) electrons. The highest BCUT2D eigenvalue weighted by atomic mass is 127. The maximum absolute atomic E-state index is 13.2. The SMILES string of the molecule is Fc1cccc2nc(CI)ccc12. The fraction of sp³-hybridized carbons (Fsp3) is 0.100. The van der Waals surface area contributed by atoms with Crippen molar-refractivity contribution in [2.24, 2.45) is 0 Å². The number of rotatable bonds is 1. The zero-order valence-corrected chi connectivity index (χ0v) is 8.95. The van der Waals surface area contributed by atoms with Gasteiger partial charge in [0.15, 0.2) is 0 Å². The van der Waals surface area contributed by atoms with E-state index < -0.39 is 0 Å². The van der Waals surface area contributed by atoms with Gasteiger partial charge in [0.1, 0.15) is 5.82 Å². The highest BCUT2D eigenvalue weighted by Crippen LogP contribution is 2.16. The van der Waals surface area contributed by atoms with Crippen LogP contribution in [0.4, 0.5) is 4.39 Å². The first-order valence-electron chi connectivity index (χ1n) is 3.91. The van der Waals surface area contributed by atoms with Gasteiger partial charge in [-0.3, -0.25) is 4.98 Å². The van der Waals surface area contributed by atoms with Crippen molar-refractivity contribution in [2.75, 3.05) is 0 Å². The van der Waals surface area contributed by atoms with E-state index in [1.54, 1.807) is 12.1 Å². The Hall–Kier alpha value is -0.710. The fourth-order valence-corrected chi connectivity index (χ4v) is 1.66. The van der Waals surface area contributed by atoms with Gasteiger partial charge in [-0.15, -0.1) is 0 Å². The van der Waals surface area contributed by atoms with Crippen molar-refractivity contribution < 1.29 is 4.39 Å². The topological polar surface area (TPSA) is 12.9 Å². The summed E-state index contributed by atoms with van der Waals surface area (Å²) in [6.45, 7) is 0. The lowest BCUT2D eigenvalue weighted by Gasteiger charge is -2.00. The summed E-state index contributed by atoms with van der Waals surface area (Å²) in [5.41, 5.74) is 1.72. The van der Waals surface area contributed by atoms with Gasteiger partial charge >= 0.3 is 0 Å². The third kappa shape index (κ3) is 1.65. The largest absolute Gasteiger partial charge is 0.252 e. The van der Waals surface area contributed by atoms with Crippen molar-refractivity contribution in [3.05, 3.63) is 41.8 Å². The van der Waals surface area contributed by atoms with Crippen LogP contribution in [0.1, 0.15) is 5.69 Å². The summed E-state index contributed by atoms with van der Waals surface area (Å²) in [5.74, 6) is -0.204. The van der Waals surface area contributed by atoms with E-state index in [0.717, 1.165) is 15.6 Å². The number of pyridine rings is 1. The smallest absolute Gasteiger partial charge is 0.132 e. The Balaban J connectivity index is 2.72. The van der Waals surface area contributed by atoms with Crippen LogP contribution in [0, 0.1) is 5.82 Å². The Bertz CT molecular complexity index is 442. The lowest BCUT2D eigenvalue weighted by atomic mass is 10.2. The number of aromatic nitrogens is 1. The minimum Gasteiger partial charge on any atom is -0.252 e. The first-order valence-corrected chi connectivity index (χ1v) is 5.44. The molecule has 1 aromatic heterocycles. The molecule has 2 aromatic rings. The molecule has 3 heteroatoms. The summed E-state index contributed by atoms with van der Waals surface area (Å²) in [5, 5.41) is 0.594. The minimum absolute atomic E-state index is 0.204. The van der Waals surface area contributed by atoms with Gasteiger partial charge in [0.25, 0.3) is 0 Å². The summed E-state index contributed by atoms with van der Waals surface area (Å²) < 4.78 is 14.0. The molecule has 0 spiro atoms. The predicted octanol–water partition coefficient (Wildman–Crippen LogP) is 3.31. The van der Waals surface area contributed by atoms with Gasteiger partial charge in [-0.05, 0) is 24.3 Å². The van der Waals surface area contributed by atoms with E-state index in [4.69, 9.17) is 0 Å². The summed E-state index contributed by atoms with van der Waals surface area (Å²) in [7, 11) is 0. The van der Waals surface area contributed by atoms with Crippen molar-refractivity contribution in [1.82, 2.24) is 4.98 Å². The molecule has 0 N–H and O–H groups in total. The van der Waals surface area contributed by atoms with Gasteiger partial charge < -0.3 is 0 Å². The number of benzene rings is 1. The van der Waals surface area contributed by atoms with Crippen molar-refractivity contribution in [3.8, 4) is 0 Å². The molecule has 1 aromatic carbocycles. The second kappa shape index (κ2) is 3.57. The van der Waals surface area contributed by atoms with Crippen molar-refractivity contribution >= 4 is 33.5 Å². The van der Waals surface area contributed by atoms with E-state index >= 15 is 0 Å². The third-order valence-corrected chi connectivity index (χ3v) is 2.65. The zero-order valence-electron chi connectivity index (χ0n) is 6.80. The van der Waals surface area contributed by atoms with Crippen LogP contribution in [0.25, 0.3) is 10.9 Å². The van der Waals surface area contributed by atoms with Gasteiger partial charge in [-0.25, -0.2) is 4.39 Å². The summed E-state index contributed by atoms with van der Waals surface area (Å²) >= 11 is 2.24. The van der Waals surface area contributed by atoms with Gasteiger partial charge in [0.2, 0.25) is 0 Å². The van der Waals surface area contributed by atoms with E-state index in [0.29, 0.717) is 5.39 Å². The van der Waals surface area contributed by atoms with Crippen LogP contribution in [0.3, 0.4) is 0 Å². The molecule has 0 aliphatic heterocycles. The molecule has 66 valence electrons. The van der Waals surface area contributed by atoms with Gasteiger partial charge in [-0.1, -0.05) is 28.7 Å². The average molecular weight is 287 g/mol. The average Bonchev–Trinajstić information content (AvgIpc) is 2.18. The third-order valence-electron chi connectivity index (χ3n) is 1.87. The Morgan fingerprint density at radius 3 is 2.85 bits per heavy atom. The van der Waals surface area contributed by atoms with Crippen LogP contribution in [-0.4, -0.2) is 4.98 Å². The summed E-state index contributed by atoms with van der Waals surface area (Å²) in [4.78, 5) is 4.31. The molecular formula is C10H7FIN. The molecule has 0 aliphatic carbocycles. The molecule has 1 heterocycles. The molecule has 2 rings (SSSR count). The lowest BCUT2D eigenvalue weighted by molar-refractivity contribution is 0.639. The summed E-state index contributed by atoms with van der Waals surface area (Å²) in [6, 6.07) is 8.60. The van der Waals surface area contributed by atoms with E-state index in [-0.39, 0.29) is 5.82 Å². The molecule has 0 saturated heterocycles. The Morgan fingerprint density at radius 1 is 1.23 bits per heavy atom. The summed E-state index contributed by atoms with van der Waals surface area (Å²) in [6.07, 6.45) is 0. The monoisotopic (exact) mass is 287 g/mol. The van der Waals surface area contributed by atoms with E-state index in [9.17, 15) is 4.39 Å². The molecule has 0 bridgehead atoms. The first kappa shape index (κ1) is 8.87. The van der Waals surface area contributed by atoms with Crippen molar-refractivity contribution in [3.63, 3.8) is 0 Å². The van der Waals surface area contributed by atoms with Crippen molar-refractivity contribution in [1.29, 1.82) is 0 Å². The maximum Gasteiger partial charge on any atom is 0.132 e. The fourth-order valence-electron chi connectivity index (χ4n) is 1.23. The second-order valence-corrected chi connectivity index (χ2v) is 3.51. The molecule has 0 saturated carbocycles. The van der Waals surface area contributed by atoms with Crippen LogP contribution >= 0.6 is 22.6 Å². The zero-order chi connectivity index (χ0) is 9.26. The Kier molecular flexibility index (Phi) is 2.44. The standard InChI is InChI=1S/C10H7FIN/c11-9-2-1-3-10-8(9)5-4-7(6-12)13-10/h1-5H,6H2. The van der Waals surface area contributed by atoms with Crippen LogP contribution in [-0.2, 0) is 4.43 Å². The normalized spacial score (nSPS) is 10.6. The van der Waals surface area contributed by atoms with Crippen molar-refractivity contribution in [2.45, 2.75) is 4.43 Å². The highest BCUT2D eigenvalue weighted by Gasteiger charge is 2.00. The van der Waals surface area contributed by atoms with Crippen LogP contribution in [0.15, 0.2) is 30.3 Å². The quantitative estimate of drug-likeness (QED) is 0.579. The molecule has 0 aliphatic rings. The van der Waals surface area contributed by atoms with Gasteiger partial charge in [0.05, 0.1) is 11.2 Å². The number of halogens is 2. The number of hydrogen-bond acceptors (Lipinski definition) is 1. The number of fused-ring (bicyclic) bond motifs is 1. The first-order chi connectivity index (χ1) is 6.31. The molecule has 13 heavy (non-hydrogen) atoms. The number of nitrogens with zero attached hydrogens (tertiary/aromatic N) is 1. The molecule has 0 atom stereocenters. The number of alkyl halides is 1. The Labute approximate surface area is 89.1 Å². The second-order valence-electron chi connectivity index (χ2n) is 2.74. The van der Waals surface area contributed by atoms with Crippen LogP contribution in [0.2, 0.25) is 0 Å². The van der Waals surface area contributed by atoms with E-state index in [1.807, 2.05) is 12.1 Å². The van der Waals surface area contributed by atoms with E-state index in [1.165, 1.54) is 6.07 Å². The molecule has 1 nitrogen and oxygen atoms in total. The number of hydrogen-bond donors (Lipinski definition) is 0. The molecular weight excluding hydrogens is 280 g/mol. The lowest BCUT2D eigenvalue weighted by Crippen LogP contribution is -1.87. The van der Waals surface area contributed by atoms with E-state index in [2.05, 4.69) is 27.6 Å². The maximum atomic E-state index is 13.2. The molecule has 0 unspecified atom stereocenters. The molecule has 0 fully saturated rings.